The summed E-state index contributed by atoms with van der Waals surface area (Å²) in [5.41, 5.74) is 2.54. The quantitative estimate of drug-likeness (QED) is 0.510. The van der Waals surface area contributed by atoms with Crippen molar-refractivity contribution in [1.29, 1.82) is 0 Å². The maximum atomic E-state index is 12.9. The zero-order valence-electron chi connectivity index (χ0n) is 16.9. The fourth-order valence-corrected chi connectivity index (χ4v) is 3.32. The van der Waals surface area contributed by atoms with Crippen molar-refractivity contribution in [3.63, 3.8) is 0 Å². The lowest BCUT2D eigenvalue weighted by molar-refractivity contribution is 0.155. The van der Waals surface area contributed by atoms with Crippen molar-refractivity contribution in [3.8, 4) is 22.8 Å². The van der Waals surface area contributed by atoms with Gasteiger partial charge in [0.1, 0.15) is 17.0 Å². The smallest absolute Gasteiger partial charge is 0.276 e. The van der Waals surface area contributed by atoms with Crippen LogP contribution in [0.2, 0.25) is 0 Å². The maximum absolute atomic E-state index is 12.9. The average Bonchev–Trinajstić information content (AvgIpc) is 3.22. The molecule has 0 amide bonds. The predicted molar refractivity (Wildman–Crippen MR) is 114 cm³/mol. The van der Waals surface area contributed by atoms with Gasteiger partial charge in [-0.25, -0.2) is 4.52 Å². The molecule has 0 aliphatic heterocycles. The highest BCUT2D eigenvalue weighted by Crippen LogP contribution is 2.22. The van der Waals surface area contributed by atoms with E-state index in [0.717, 1.165) is 22.6 Å². The van der Waals surface area contributed by atoms with E-state index in [2.05, 4.69) is 5.10 Å². The fraction of sp³-hybridized carbons (Fsp3) is 0.217. The molecule has 0 spiro atoms. The van der Waals surface area contributed by atoms with E-state index in [4.69, 9.17) is 9.47 Å². The minimum Gasteiger partial charge on any atom is -0.497 e. The Morgan fingerprint density at radius 2 is 1.73 bits per heavy atom. The zero-order chi connectivity index (χ0) is 21.1. The first-order valence-corrected chi connectivity index (χ1v) is 9.73. The Bertz CT molecular complexity index is 1190. The molecule has 0 fully saturated rings. The molecule has 30 heavy (non-hydrogen) atoms. The number of hydrogen-bond acceptors (Lipinski definition) is 5. The van der Waals surface area contributed by atoms with Gasteiger partial charge in [0.25, 0.3) is 5.56 Å². The Morgan fingerprint density at radius 1 is 1.03 bits per heavy atom. The Morgan fingerprint density at radius 3 is 2.40 bits per heavy atom. The normalized spacial score (nSPS) is 12.1. The molecule has 0 saturated heterocycles. The predicted octanol–water partition coefficient (Wildman–Crippen LogP) is 3.30. The van der Waals surface area contributed by atoms with Crippen LogP contribution in [0.3, 0.4) is 0 Å². The van der Waals surface area contributed by atoms with Crippen LogP contribution in [0.4, 0.5) is 0 Å². The molecule has 0 bridgehead atoms. The van der Waals surface area contributed by atoms with E-state index in [-0.39, 0.29) is 12.1 Å². The molecule has 2 heterocycles. The van der Waals surface area contributed by atoms with Crippen LogP contribution in [-0.4, -0.2) is 33.0 Å². The monoisotopic (exact) mass is 405 g/mol. The van der Waals surface area contributed by atoms with Crippen LogP contribution in [0, 0.1) is 0 Å². The lowest BCUT2D eigenvalue weighted by Crippen LogP contribution is -2.24. The largest absolute Gasteiger partial charge is 0.497 e. The topological polar surface area (TPSA) is 78.0 Å². The number of aliphatic hydroxyl groups is 1. The molecule has 4 rings (SSSR count). The first kappa shape index (κ1) is 19.7. The number of ether oxygens (including phenoxy) is 2. The number of hydrogen-bond donors (Lipinski definition) is 1. The van der Waals surface area contributed by atoms with E-state index in [1.54, 1.807) is 42.2 Å². The first-order chi connectivity index (χ1) is 14.6. The van der Waals surface area contributed by atoms with Gasteiger partial charge < -0.3 is 19.1 Å². The van der Waals surface area contributed by atoms with Gasteiger partial charge in [-0.15, -0.1) is 0 Å². The summed E-state index contributed by atoms with van der Waals surface area (Å²) in [6.07, 6.45) is 2.54. The lowest BCUT2D eigenvalue weighted by Gasteiger charge is -2.14. The molecule has 7 nitrogen and oxygen atoms in total. The van der Waals surface area contributed by atoms with Crippen molar-refractivity contribution >= 4 is 5.52 Å². The summed E-state index contributed by atoms with van der Waals surface area (Å²) in [6, 6.07) is 16.5. The van der Waals surface area contributed by atoms with E-state index in [0.29, 0.717) is 17.8 Å². The second-order valence-corrected chi connectivity index (χ2v) is 6.86. The number of rotatable bonds is 7. The minimum absolute atomic E-state index is 0.145. The van der Waals surface area contributed by atoms with Crippen molar-refractivity contribution < 1.29 is 14.6 Å². The van der Waals surface area contributed by atoms with E-state index >= 15 is 0 Å². The maximum Gasteiger partial charge on any atom is 0.276 e. The molecule has 0 saturated carbocycles. The molecular formula is C23H23N3O4. The van der Waals surface area contributed by atoms with E-state index < -0.39 is 6.10 Å². The molecule has 0 aliphatic carbocycles. The van der Waals surface area contributed by atoms with E-state index in [1.165, 1.54) is 4.57 Å². The summed E-state index contributed by atoms with van der Waals surface area (Å²) in [4.78, 5) is 12.9. The SMILES string of the molecule is CCOc1ccc([C@@H](O)Cn2ccn3nc(-c4ccc(OC)cc4)cc3c2=O)cc1. The van der Waals surface area contributed by atoms with Gasteiger partial charge >= 0.3 is 0 Å². The third-order valence-corrected chi connectivity index (χ3v) is 4.93. The van der Waals surface area contributed by atoms with Gasteiger partial charge in [-0.2, -0.15) is 5.10 Å². The van der Waals surface area contributed by atoms with Crippen LogP contribution < -0.4 is 15.0 Å². The van der Waals surface area contributed by atoms with Crippen LogP contribution in [0.5, 0.6) is 11.5 Å². The van der Waals surface area contributed by atoms with Crippen LogP contribution in [0.1, 0.15) is 18.6 Å². The molecule has 0 unspecified atom stereocenters. The Balaban J connectivity index is 1.59. The Hall–Kier alpha value is -3.58. The van der Waals surface area contributed by atoms with Crippen molar-refractivity contribution in [2.75, 3.05) is 13.7 Å². The number of methoxy groups -OCH3 is 1. The molecule has 2 aromatic heterocycles. The molecule has 2 aromatic carbocycles. The van der Waals surface area contributed by atoms with Crippen molar-refractivity contribution in [2.24, 2.45) is 0 Å². The fourth-order valence-electron chi connectivity index (χ4n) is 3.32. The van der Waals surface area contributed by atoms with Crippen molar-refractivity contribution in [3.05, 3.63) is 82.9 Å². The van der Waals surface area contributed by atoms with Crippen molar-refractivity contribution in [2.45, 2.75) is 19.6 Å². The summed E-state index contributed by atoms with van der Waals surface area (Å²) in [7, 11) is 1.62. The lowest BCUT2D eigenvalue weighted by atomic mass is 10.1. The van der Waals surface area contributed by atoms with Gasteiger partial charge in [-0.3, -0.25) is 4.79 Å². The Labute approximate surface area is 173 Å². The average molecular weight is 405 g/mol. The summed E-state index contributed by atoms with van der Waals surface area (Å²) < 4.78 is 13.7. The summed E-state index contributed by atoms with van der Waals surface area (Å²) in [6.45, 7) is 2.65. The molecule has 4 aromatic rings. The molecule has 1 atom stereocenters. The molecule has 154 valence electrons. The standard InChI is InChI=1S/C23H23N3O4/c1-3-30-19-10-6-17(7-11-19)22(27)15-25-12-13-26-21(23(25)28)14-20(24-26)16-4-8-18(29-2)9-5-16/h4-14,22,27H,3,15H2,1-2H3/t22-/m0/s1. The van der Waals surface area contributed by atoms with Crippen LogP contribution in [0.25, 0.3) is 16.8 Å². The van der Waals surface area contributed by atoms with Crippen LogP contribution >= 0.6 is 0 Å². The van der Waals surface area contributed by atoms with E-state index in [9.17, 15) is 9.90 Å². The minimum atomic E-state index is -0.815. The molecular weight excluding hydrogens is 382 g/mol. The molecule has 0 aliphatic rings. The summed E-state index contributed by atoms with van der Waals surface area (Å²) >= 11 is 0. The third-order valence-electron chi connectivity index (χ3n) is 4.93. The second-order valence-electron chi connectivity index (χ2n) is 6.86. The van der Waals surface area contributed by atoms with Gasteiger partial charge in [0.05, 0.1) is 32.1 Å². The zero-order valence-corrected chi connectivity index (χ0v) is 16.9. The van der Waals surface area contributed by atoms with Crippen LogP contribution in [-0.2, 0) is 6.54 Å². The number of nitrogens with zero attached hydrogens (tertiary/aromatic N) is 3. The third kappa shape index (κ3) is 3.92. The van der Waals surface area contributed by atoms with Crippen LogP contribution in [0.15, 0.2) is 71.8 Å². The highest BCUT2D eigenvalue weighted by Gasteiger charge is 2.13. The van der Waals surface area contributed by atoms with Gasteiger partial charge in [-0.1, -0.05) is 12.1 Å². The van der Waals surface area contributed by atoms with Crippen molar-refractivity contribution in [1.82, 2.24) is 14.2 Å². The second kappa shape index (κ2) is 8.42. The number of benzene rings is 2. The molecule has 7 heteroatoms. The molecule has 0 radical (unpaired) electrons. The summed E-state index contributed by atoms with van der Waals surface area (Å²) in [5.74, 6) is 1.51. The number of aliphatic hydroxyl groups excluding tert-OH is 1. The molecule has 1 N–H and O–H groups in total. The van der Waals surface area contributed by atoms with Gasteiger partial charge in [0.15, 0.2) is 0 Å². The van der Waals surface area contributed by atoms with Gasteiger partial charge in [0, 0.05) is 18.0 Å². The van der Waals surface area contributed by atoms with E-state index in [1.807, 2.05) is 43.3 Å². The highest BCUT2D eigenvalue weighted by molar-refractivity contribution is 5.66. The Kier molecular flexibility index (Phi) is 5.54. The first-order valence-electron chi connectivity index (χ1n) is 9.73. The number of fused-ring (bicyclic) bond motifs is 1. The summed E-state index contributed by atoms with van der Waals surface area (Å²) in [5, 5.41) is 15.1. The van der Waals surface area contributed by atoms with Gasteiger partial charge in [0.2, 0.25) is 0 Å². The highest BCUT2D eigenvalue weighted by atomic mass is 16.5. The van der Waals surface area contributed by atoms with Gasteiger partial charge in [-0.05, 0) is 55.0 Å². The number of aromatic nitrogens is 3.